The van der Waals surface area contributed by atoms with Crippen molar-refractivity contribution in [3.8, 4) is 0 Å². The molecule has 0 saturated heterocycles. The number of thiazole rings is 1. The summed E-state index contributed by atoms with van der Waals surface area (Å²) in [5.41, 5.74) is 1.39. The molecule has 0 unspecified atom stereocenters. The maximum Gasteiger partial charge on any atom is 0.373 e. The molecule has 3 heterocycles. The van der Waals surface area contributed by atoms with Crippen molar-refractivity contribution in [2.45, 2.75) is 32.9 Å². The molecule has 1 atom stereocenters. The van der Waals surface area contributed by atoms with Crippen molar-refractivity contribution in [3.63, 3.8) is 0 Å². The zero-order valence-electron chi connectivity index (χ0n) is 19.1. The fourth-order valence-electron chi connectivity index (χ4n) is 3.56. The summed E-state index contributed by atoms with van der Waals surface area (Å²) < 4.78 is 40.9. The molecule has 3 aromatic rings. The lowest BCUT2D eigenvalue weighted by molar-refractivity contribution is -0.191. The monoisotopic (exact) mass is 539 g/mol. The van der Waals surface area contributed by atoms with Gasteiger partial charge in [0.1, 0.15) is 11.9 Å². The Hall–Kier alpha value is -3.31. The van der Waals surface area contributed by atoms with Gasteiger partial charge < -0.3 is 10.4 Å². The molecule has 8 nitrogen and oxygen atoms in total. The second kappa shape index (κ2) is 11.6. The van der Waals surface area contributed by atoms with Crippen LogP contribution in [0.2, 0.25) is 5.02 Å². The Balaban J connectivity index is 0.00000115. The van der Waals surface area contributed by atoms with Crippen LogP contribution in [0.4, 0.5) is 13.2 Å². The van der Waals surface area contributed by atoms with Crippen molar-refractivity contribution in [2.75, 3.05) is 6.61 Å². The maximum absolute atomic E-state index is 13.8. The van der Waals surface area contributed by atoms with Crippen LogP contribution >= 0.6 is 22.9 Å². The van der Waals surface area contributed by atoms with Crippen molar-refractivity contribution in [3.05, 3.63) is 74.8 Å². The smallest absolute Gasteiger partial charge is 0.373 e. The number of aliphatic imine (C=N–C) groups is 1. The Morgan fingerprint density at radius 1 is 1.31 bits per heavy atom. The topological polar surface area (TPSA) is 109 Å². The van der Waals surface area contributed by atoms with E-state index in [-0.39, 0.29) is 23.5 Å². The van der Waals surface area contributed by atoms with E-state index < -0.39 is 23.8 Å². The SMILES string of the molecule is CC(C)(CO)CC1=C(c2ccn(C(F)F)n2)[C@H](c2ccc(F)cc2Cl)N=C(c2nccs2)N1.O=C=O. The highest BCUT2D eigenvalue weighted by molar-refractivity contribution is 7.11. The second-order valence-corrected chi connectivity index (χ2v) is 9.74. The average Bonchev–Trinajstić information content (AvgIpc) is 3.52. The first-order valence-corrected chi connectivity index (χ1v) is 11.7. The lowest BCUT2D eigenvalue weighted by Crippen LogP contribution is -2.34. The molecule has 13 heteroatoms. The molecule has 1 aromatic carbocycles. The standard InChI is InChI=1S/C22H21ClF3N5OS.CO2/c1-22(2,11-32)10-16-17(15-5-7-31(30-15)21(25)26)18(13-4-3-12(24)9-14(13)23)29-19(28-16)20-27-6-8-33-20;2-1-3/h3-9,18,21,32H,10-11H2,1-2H3,(H,28,29);/t18-;/m0./s1. The summed E-state index contributed by atoms with van der Waals surface area (Å²) in [5.74, 6) is -0.0351. The summed E-state index contributed by atoms with van der Waals surface area (Å²) in [5, 5.41) is 19.8. The number of hydrogen-bond acceptors (Lipinski definition) is 8. The van der Waals surface area contributed by atoms with E-state index in [4.69, 9.17) is 26.2 Å². The lowest BCUT2D eigenvalue weighted by atomic mass is 9.84. The molecule has 0 radical (unpaired) electrons. The molecule has 190 valence electrons. The number of alkyl halides is 2. The van der Waals surface area contributed by atoms with Crippen LogP contribution in [0.5, 0.6) is 0 Å². The van der Waals surface area contributed by atoms with Gasteiger partial charge in [0.2, 0.25) is 0 Å². The summed E-state index contributed by atoms with van der Waals surface area (Å²) in [4.78, 5) is 25.4. The summed E-state index contributed by atoms with van der Waals surface area (Å²) in [6, 6.07) is 4.70. The Labute approximate surface area is 213 Å². The van der Waals surface area contributed by atoms with Gasteiger partial charge in [-0.15, -0.1) is 11.3 Å². The molecule has 1 aliphatic heterocycles. The molecule has 4 rings (SSSR count). The zero-order valence-corrected chi connectivity index (χ0v) is 20.7. The van der Waals surface area contributed by atoms with E-state index in [9.17, 15) is 18.3 Å². The normalized spacial score (nSPS) is 15.7. The second-order valence-electron chi connectivity index (χ2n) is 8.44. The van der Waals surface area contributed by atoms with E-state index >= 15 is 0 Å². The summed E-state index contributed by atoms with van der Waals surface area (Å²) >= 11 is 7.78. The van der Waals surface area contributed by atoms with Crippen LogP contribution in [-0.2, 0) is 9.59 Å². The van der Waals surface area contributed by atoms with E-state index in [0.717, 1.165) is 0 Å². The number of allylic oxidation sites excluding steroid dienone is 1. The molecule has 2 N–H and O–H groups in total. The predicted octanol–water partition coefficient (Wildman–Crippen LogP) is 4.85. The molecular weight excluding hydrogens is 519 g/mol. The van der Waals surface area contributed by atoms with E-state index in [1.165, 1.54) is 41.8 Å². The van der Waals surface area contributed by atoms with E-state index in [1.54, 1.807) is 11.6 Å². The number of hydrogen-bond donors (Lipinski definition) is 2. The van der Waals surface area contributed by atoms with E-state index in [1.807, 2.05) is 13.8 Å². The molecule has 2 aromatic heterocycles. The van der Waals surface area contributed by atoms with Crippen molar-refractivity contribution in [2.24, 2.45) is 10.4 Å². The number of halogens is 4. The third-order valence-corrected chi connectivity index (χ3v) is 6.29. The summed E-state index contributed by atoms with van der Waals surface area (Å²) in [6.07, 6.45) is 3.44. The molecule has 0 aliphatic carbocycles. The minimum atomic E-state index is -2.81. The van der Waals surface area contributed by atoms with Crippen molar-refractivity contribution in [1.29, 1.82) is 0 Å². The van der Waals surface area contributed by atoms with Gasteiger partial charge in [0.25, 0.3) is 0 Å². The van der Waals surface area contributed by atoms with Crippen LogP contribution in [0.15, 0.2) is 52.7 Å². The number of nitrogens with zero attached hydrogens (tertiary/aromatic N) is 4. The number of aromatic nitrogens is 3. The van der Waals surface area contributed by atoms with Crippen LogP contribution in [-0.4, -0.2) is 38.5 Å². The lowest BCUT2D eigenvalue weighted by Gasteiger charge is -2.32. The van der Waals surface area contributed by atoms with Gasteiger partial charge in [0.15, 0.2) is 10.8 Å². The first-order valence-electron chi connectivity index (χ1n) is 10.5. The van der Waals surface area contributed by atoms with Gasteiger partial charge in [-0.05, 0) is 30.0 Å². The van der Waals surface area contributed by atoms with Gasteiger partial charge in [0, 0.05) is 46.2 Å². The molecule has 36 heavy (non-hydrogen) atoms. The third kappa shape index (κ3) is 6.27. The summed E-state index contributed by atoms with van der Waals surface area (Å²) in [7, 11) is 0. The summed E-state index contributed by atoms with van der Waals surface area (Å²) in [6.45, 7) is 0.843. The van der Waals surface area contributed by atoms with Crippen LogP contribution in [0.25, 0.3) is 5.57 Å². The Bertz CT molecular complexity index is 1300. The fourth-order valence-corrected chi connectivity index (χ4v) is 4.42. The van der Waals surface area contributed by atoms with Gasteiger partial charge in [-0.2, -0.15) is 23.5 Å². The Morgan fingerprint density at radius 3 is 2.58 bits per heavy atom. The molecule has 1 aliphatic rings. The fraction of sp³-hybridized carbons (Fsp3) is 0.304. The minimum absolute atomic E-state index is 0.108. The quantitative estimate of drug-likeness (QED) is 0.444. The Kier molecular flexibility index (Phi) is 8.80. The number of benzene rings is 1. The number of nitrogens with one attached hydrogen (secondary N) is 1. The van der Waals surface area contributed by atoms with Crippen LogP contribution in [0, 0.1) is 11.2 Å². The Morgan fingerprint density at radius 2 is 2.03 bits per heavy atom. The van der Waals surface area contributed by atoms with Crippen molar-refractivity contribution in [1.82, 2.24) is 20.1 Å². The third-order valence-electron chi connectivity index (χ3n) is 5.19. The van der Waals surface area contributed by atoms with Gasteiger partial charge in [-0.3, -0.25) is 4.99 Å². The average molecular weight is 540 g/mol. The van der Waals surface area contributed by atoms with Crippen LogP contribution in [0.1, 0.15) is 49.1 Å². The number of rotatable bonds is 7. The van der Waals surface area contributed by atoms with Crippen molar-refractivity contribution >= 4 is 40.5 Å². The largest absolute Gasteiger partial charge is 0.396 e. The van der Waals surface area contributed by atoms with Gasteiger partial charge >= 0.3 is 12.7 Å². The van der Waals surface area contributed by atoms with Crippen LogP contribution < -0.4 is 5.32 Å². The molecule has 0 bridgehead atoms. The number of carbonyl (C=O) groups excluding carboxylic acids is 2. The van der Waals surface area contributed by atoms with Crippen LogP contribution in [0.3, 0.4) is 0 Å². The minimum Gasteiger partial charge on any atom is -0.396 e. The van der Waals surface area contributed by atoms with Gasteiger partial charge in [0.05, 0.1) is 5.69 Å². The highest BCUT2D eigenvalue weighted by Gasteiger charge is 2.33. The number of aliphatic hydroxyl groups is 1. The first kappa shape index (κ1) is 27.3. The molecule has 0 saturated carbocycles. The molecule has 0 amide bonds. The van der Waals surface area contributed by atoms with Gasteiger partial charge in [-0.1, -0.05) is 31.5 Å². The molecule has 0 spiro atoms. The number of amidine groups is 1. The van der Waals surface area contributed by atoms with Gasteiger partial charge in [-0.25, -0.2) is 14.1 Å². The predicted molar refractivity (Wildman–Crippen MR) is 127 cm³/mol. The maximum atomic E-state index is 13.8. The zero-order chi connectivity index (χ0) is 26.5. The number of aliphatic hydroxyl groups excluding tert-OH is 1. The van der Waals surface area contributed by atoms with E-state index in [2.05, 4.69) is 15.4 Å². The highest BCUT2D eigenvalue weighted by atomic mass is 35.5. The van der Waals surface area contributed by atoms with E-state index in [0.29, 0.717) is 38.8 Å². The van der Waals surface area contributed by atoms with Crippen molar-refractivity contribution < 1.29 is 27.9 Å². The molecular formula is C23H21ClF3N5O3S. The highest BCUT2D eigenvalue weighted by Crippen LogP contribution is 2.43. The first-order chi connectivity index (χ1) is 17.1. The molecule has 0 fully saturated rings.